The van der Waals surface area contributed by atoms with Crippen molar-refractivity contribution < 1.29 is 4.79 Å². The Hall–Kier alpha value is -3.32. The molecule has 0 spiro atoms. The molecular weight excluding hydrogens is 384 g/mol. The molecule has 2 aromatic heterocycles. The number of benzene rings is 2. The van der Waals surface area contributed by atoms with Gasteiger partial charge in [0.25, 0.3) is 5.56 Å². The fraction of sp³-hybridized carbons (Fsp3) is 0.182. The molecule has 0 saturated carbocycles. The molecule has 4 rings (SSSR count). The second-order valence-electron chi connectivity index (χ2n) is 7.02. The van der Waals surface area contributed by atoms with E-state index in [1.807, 2.05) is 62.4 Å². The zero-order valence-corrected chi connectivity index (χ0v) is 17.0. The first-order chi connectivity index (χ1) is 14.0. The molecule has 0 radical (unpaired) electrons. The average molecular weight is 404 g/mol. The molecular formula is C22H20N4O2S. The van der Waals surface area contributed by atoms with Crippen LogP contribution in [0.3, 0.4) is 0 Å². The second kappa shape index (κ2) is 7.97. The predicted molar refractivity (Wildman–Crippen MR) is 115 cm³/mol. The molecule has 1 amide bonds. The van der Waals surface area contributed by atoms with Crippen molar-refractivity contribution in [2.75, 3.05) is 0 Å². The van der Waals surface area contributed by atoms with Crippen LogP contribution in [0.25, 0.3) is 21.5 Å². The number of hydrogen-bond acceptors (Lipinski definition) is 5. The highest BCUT2D eigenvalue weighted by atomic mass is 32.1. The highest BCUT2D eigenvalue weighted by Gasteiger charge is 2.15. The topological polar surface area (TPSA) is 76.9 Å². The molecule has 146 valence electrons. The van der Waals surface area contributed by atoms with Crippen molar-refractivity contribution in [2.24, 2.45) is 0 Å². The smallest absolute Gasteiger partial charge is 0.273 e. The summed E-state index contributed by atoms with van der Waals surface area (Å²) < 4.78 is 6.21. The highest BCUT2D eigenvalue weighted by molar-refractivity contribution is 7.13. The van der Waals surface area contributed by atoms with E-state index in [1.54, 1.807) is 0 Å². The molecule has 0 aliphatic carbocycles. The van der Waals surface area contributed by atoms with E-state index in [-0.39, 0.29) is 18.0 Å². The van der Waals surface area contributed by atoms with Crippen molar-refractivity contribution in [1.29, 1.82) is 0 Å². The summed E-state index contributed by atoms with van der Waals surface area (Å²) in [5.74, 6) is -0.239. The fourth-order valence-electron chi connectivity index (χ4n) is 3.07. The number of aryl methyl sites for hydroxylation is 2. The molecule has 0 atom stereocenters. The van der Waals surface area contributed by atoms with Gasteiger partial charge in [0.15, 0.2) is 0 Å². The number of amides is 1. The molecule has 0 saturated heterocycles. The van der Waals surface area contributed by atoms with Crippen LogP contribution in [0.2, 0.25) is 0 Å². The molecule has 0 fully saturated rings. The van der Waals surface area contributed by atoms with Gasteiger partial charge in [-0.25, -0.2) is 4.98 Å². The lowest BCUT2D eigenvalue weighted by Gasteiger charge is -2.08. The Kier molecular flexibility index (Phi) is 5.22. The van der Waals surface area contributed by atoms with Crippen LogP contribution < -0.4 is 10.9 Å². The molecule has 4 aromatic rings. The van der Waals surface area contributed by atoms with Crippen molar-refractivity contribution in [3.8, 4) is 11.3 Å². The number of fused-ring (bicyclic) bond motifs is 1. The first-order valence-corrected chi connectivity index (χ1v) is 10.0. The van der Waals surface area contributed by atoms with Gasteiger partial charge in [0.2, 0.25) is 5.91 Å². The monoisotopic (exact) mass is 404 g/mol. The number of carbonyl (C=O) groups excluding carboxylic acids is 1. The van der Waals surface area contributed by atoms with Gasteiger partial charge in [-0.1, -0.05) is 53.6 Å². The van der Waals surface area contributed by atoms with Crippen LogP contribution in [-0.4, -0.2) is 19.8 Å². The van der Waals surface area contributed by atoms with E-state index in [0.717, 1.165) is 28.2 Å². The van der Waals surface area contributed by atoms with Crippen LogP contribution in [-0.2, 0) is 17.9 Å². The summed E-state index contributed by atoms with van der Waals surface area (Å²) >= 11 is 1.12. The normalized spacial score (nSPS) is 11.0. The molecule has 0 aliphatic heterocycles. The van der Waals surface area contributed by atoms with Gasteiger partial charge >= 0.3 is 0 Å². The number of aromatic nitrogens is 3. The maximum atomic E-state index is 12.8. The molecule has 1 N–H and O–H groups in total. The van der Waals surface area contributed by atoms with Gasteiger partial charge in [-0.05, 0) is 37.0 Å². The van der Waals surface area contributed by atoms with E-state index >= 15 is 0 Å². The third-order valence-corrected chi connectivity index (χ3v) is 5.49. The van der Waals surface area contributed by atoms with Gasteiger partial charge in [-0.2, -0.15) is 4.37 Å². The van der Waals surface area contributed by atoms with Gasteiger partial charge in [-0.15, -0.1) is 0 Å². The van der Waals surface area contributed by atoms with Crippen molar-refractivity contribution in [1.82, 2.24) is 19.2 Å². The largest absolute Gasteiger partial charge is 0.350 e. The van der Waals surface area contributed by atoms with Crippen molar-refractivity contribution >= 4 is 27.7 Å². The average Bonchev–Trinajstić information content (AvgIpc) is 3.15. The van der Waals surface area contributed by atoms with Crippen LogP contribution in [0, 0.1) is 13.8 Å². The highest BCUT2D eigenvalue weighted by Crippen LogP contribution is 2.27. The quantitative estimate of drug-likeness (QED) is 0.553. The first kappa shape index (κ1) is 19.0. The summed E-state index contributed by atoms with van der Waals surface area (Å²) in [6.45, 7) is 4.36. The van der Waals surface area contributed by atoms with Crippen LogP contribution in [0.4, 0.5) is 0 Å². The van der Waals surface area contributed by atoms with E-state index in [9.17, 15) is 9.59 Å². The Labute approximate surface area is 172 Å². The molecule has 29 heavy (non-hydrogen) atoms. The lowest BCUT2D eigenvalue weighted by Crippen LogP contribution is -2.31. The lowest BCUT2D eigenvalue weighted by atomic mass is 10.1. The number of nitrogens with one attached hydrogen (secondary N) is 1. The molecule has 0 bridgehead atoms. The molecule has 0 unspecified atom stereocenters. The maximum Gasteiger partial charge on any atom is 0.273 e. The van der Waals surface area contributed by atoms with E-state index in [1.165, 1.54) is 16.5 Å². The first-order valence-electron chi connectivity index (χ1n) is 9.25. The molecule has 7 heteroatoms. The summed E-state index contributed by atoms with van der Waals surface area (Å²) in [6.07, 6.45) is 1.42. The SMILES string of the molecule is Cc1ccc(CNC(=O)Cn2cnc3c(-c4cccc(C)c4)nsc3c2=O)cc1. The molecule has 0 aliphatic rings. The third kappa shape index (κ3) is 4.09. The second-order valence-corrected chi connectivity index (χ2v) is 7.79. The number of nitrogens with zero attached hydrogens (tertiary/aromatic N) is 3. The Morgan fingerprint density at radius 1 is 1.10 bits per heavy atom. The Morgan fingerprint density at radius 2 is 1.90 bits per heavy atom. The van der Waals surface area contributed by atoms with Gasteiger partial charge in [0, 0.05) is 12.1 Å². The van der Waals surface area contributed by atoms with Crippen molar-refractivity contribution in [2.45, 2.75) is 26.9 Å². The zero-order chi connectivity index (χ0) is 20.4. The number of rotatable bonds is 5. The van der Waals surface area contributed by atoms with Crippen LogP contribution in [0.15, 0.2) is 59.7 Å². The fourth-order valence-corrected chi connectivity index (χ4v) is 3.87. The minimum Gasteiger partial charge on any atom is -0.350 e. The van der Waals surface area contributed by atoms with Crippen molar-refractivity contribution in [3.63, 3.8) is 0 Å². The van der Waals surface area contributed by atoms with Gasteiger partial charge in [-0.3, -0.25) is 14.2 Å². The Balaban J connectivity index is 1.53. The number of hydrogen-bond donors (Lipinski definition) is 1. The molecule has 2 aromatic carbocycles. The van der Waals surface area contributed by atoms with Gasteiger partial charge in [0.05, 0.1) is 6.33 Å². The molecule has 6 nitrogen and oxygen atoms in total. The van der Waals surface area contributed by atoms with Crippen LogP contribution in [0.1, 0.15) is 16.7 Å². The summed E-state index contributed by atoms with van der Waals surface area (Å²) in [5, 5.41) is 2.84. The van der Waals surface area contributed by atoms with Crippen molar-refractivity contribution in [3.05, 3.63) is 81.9 Å². The van der Waals surface area contributed by atoms with E-state index in [2.05, 4.69) is 14.7 Å². The van der Waals surface area contributed by atoms with E-state index in [4.69, 9.17) is 0 Å². The predicted octanol–water partition coefficient (Wildman–Crippen LogP) is 3.45. The van der Waals surface area contributed by atoms with Gasteiger partial charge in [0.1, 0.15) is 22.5 Å². The summed E-state index contributed by atoms with van der Waals surface area (Å²) in [5.41, 5.74) is 5.23. The molecule has 2 heterocycles. The maximum absolute atomic E-state index is 12.8. The standard InChI is InChI=1S/C22H20N4O2S/c1-14-6-8-16(9-7-14)11-23-18(27)12-26-13-24-20-19(25-29-21(20)22(26)28)17-5-3-4-15(2)10-17/h3-10,13H,11-12H2,1-2H3,(H,23,27). The third-order valence-electron chi connectivity index (χ3n) is 4.66. The van der Waals surface area contributed by atoms with Crippen LogP contribution >= 0.6 is 11.5 Å². The number of carbonyl (C=O) groups is 1. The summed E-state index contributed by atoms with van der Waals surface area (Å²) in [4.78, 5) is 29.5. The Morgan fingerprint density at radius 3 is 2.66 bits per heavy atom. The van der Waals surface area contributed by atoms with Gasteiger partial charge < -0.3 is 5.32 Å². The summed E-state index contributed by atoms with van der Waals surface area (Å²) in [6, 6.07) is 15.9. The minimum atomic E-state index is -0.253. The lowest BCUT2D eigenvalue weighted by molar-refractivity contribution is -0.121. The van der Waals surface area contributed by atoms with Crippen LogP contribution in [0.5, 0.6) is 0 Å². The Bertz CT molecular complexity index is 1240. The minimum absolute atomic E-state index is 0.0781. The van der Waals surface area contributed by atoms with E-state index in [0.29, 0.717) is 22.5 Å². The zero-order valence-electron chi connectivity index (χ0n) is 16.2. The summed E-state index contributed by atoms with van der Waals surface area (Å²) in [7, 11) is 0. The van der Waals surface area contributed by atoms with E-state index < -0.39 is 0 Å².